The molecule has 6 nitrogen and oxygen atoms in total. The van der Waals surface area contributed by atoms with E-state index in [2.05, 4.69) is 16.0 Å². The molecule has 0 atom stereocenters. The van der Waals surface area contributed by atoms with Gasteiger partial charge in [0.05, 0.1) is 16.9 Å². The second kappa shape index (κ2) is 11.7. The maximum Gasteiger partial charge on any atom is 0.256 e. The number of nitrogens with one attached hydrogen (secondary N) is 3. The Morgan fingerprint density at radius 3 is 2.50 bits per heavy atom. The molecule has 1 aliphatic carbocycles. The van der Waals surface area contributed by atoms with Crippen LogP contribution in [0.25, 0.3) is 0 Å². The first-order chi connectivity index (χ1) is 15.5. The Bertz CT molecular complexity index is 977. The lowest BCUT2D eigenvalue weighted by molar-refractivity contribution is -0.118. The highest BCUT2D eigenvalue weighted by Gasteiger charge is 2.17. The van der Waals surface area contributed by atoms with Crippen molar-refractivity contribution in [1.29, 1.82) is 0 Å². The van der Waals surface area contributed by atoms with Crippen LogP contribution in [0.15, 0.2) is 47.4 Å². The summed E-state index contributed by atoms with van der Waals surface area (Å²) in [5.74, 6) is -0.916. The summed E-state index contributed by atoms with van der Waals surface area (Å²) in [6.07, 6.45) is 6.08. The minimum absolute atomic E-state index is 0.0514. The average molecular weight is 458 g/mol. The van der Waals surface area contributed by atoms with E-state index in [4.69, 9.17) is 0 Å². The molecule has 32 heavy (non-hydrogen) atoms. The van der Waals surface area contributed by atoms with E-state index in [1.54, 1.807) is 24.3 Å². The molecule has 8 heteroatoms. The van der Waals surface area contributed by atoms with Crippen LogP contribution in [0.1, 0.15) is 52.8 Å². The largest absolute Gasteiger partial charge is 0.355 e. The monoisotopic (exact) mass is 457 g/mol. The maximum atomic E-state index is 13.9. The number of carbonyl (C=O) groups is 3. The molecular formula is C24H28FN3O3S. The van der Waals surface area contributed by atoms with Crippen LogP contribution < -0.4 is 16.0 Å². The normalized spacial score (nSPS) is 13.9. The first-order valence-electron chi connectivity index (χ1n) is 10.8. The van der Waals surface area contributed by atoms with Gasteiger partial charge in [-0.15, -0.1) is 11.8 Å². The van der Waals surface area contributed by atoms with Gasteiger partial charge in [0.15, 0.2) is 0 Å². The maximum absolute atomic E-state index is 13.9. The van der Waals surface area contributed by atoms with Crippen LogP contribution in [0.5, 0.6) is 0 Å². The Labute approximate surface area is 191 Å². The molecule has 0 aromatic heterocycles. The van der Waals surface area contributed by atoms with E-state index in [0.717, 1.165) is 6.07 Å². The minimum atomic E-state index is -0.669. The van der Waals surface area contributed by atoms with Gasteiger partial charge >= 0.3 is 0 Å². The molecule has 1 saturated carbocycles. The van der Waals surface area contributed by atoms with E-state index in [-0.39, 0.29) is 17.2 Å². The van der Waals surface area contributed by atoms with E-state index < -0.39 is 17.6 Å². The van der Waals surface area contributed by atoms with Gasteiger partial charge in [0.1, 0.15) is 5.82 Å². The van der Waals surface area contributed by atoms with Gasteiger partial charge in [-0.25, -0.2) is 4.39 Å². The highest BCUT2D eigenvalue weighted by Crippen LogP contribution is 2.25. The first kappa shape index (κ1) is 23.8. The molecular weight excluding hydrogens is 429 g/mol. The summed E-state index contributed by atoms with van der Waals surface area (Å²) >= 11 is 1.30. The Balaban J connectivity index is 1.60. The van der Waals surface area contributed by atoms with E-state index in [9.17, 15) is 18.8 Å². The molecule has 3 rings (SSSR count). The van der Waals surface area contributed by atoms with E-state index >= 15 is 0 Å². The molecule has 2 aromatic carbocycles. The van der Waals surface area contributed by atoms with Gasteiger partial charge in [0.25, 0.3) is 11.8 Å². The van der Waals surface area contributed by atoms with Crippen LogP contribution in [0.3, 0.4) is 0 Å². The minimum Gasteiger partial charge on any atom is -0.355 e. The van der Waals surface area contributed by atoms with Gasteiger partial charge in [0.2, 0.25) is 5.91 Å². The summed E-state index contributed by atoms with van der Waals surface area (Å²) in [5, 5.41) is 8.08. The molecule has 2 aromatic rings. The molecule has 0 spiro atoms. The number of carbonyl (C=O) groups excluding carboxylic acids is 3. The van der Waals surface area contributed by atoms with Crippen molar-refractivity contribution in [1.82, 2.24) is 10.6 Å². The van der Waals surface area contributed by atoms with Crippen LogP contribution >= 0.6 is 11.8 Å². The standard InChI is InChI=1S/C24H28FN3O3S/c1-26-23(30)19-13-17(11-12-20(19)25)28-24(31)18-9-5-6-10-21(18)32-15-22(29)27-14-16-7-3-2-4-8-16/h5-6,9-13,16H,2-4,7-8,14-15H2,1H3,(H,26,30)(H,27,29)(H,28,31). The lowest BCUT2D eigenvalue weighted by Gasteiger charge is -2.21. The van der Waals surface area contributed by atoms with Crippen molar-refractivity contribution in [3.63, 3.8) is 0 Å². The second-order valence-electron chi connectivity index (χ2n) is 7.82. The third kappa shape index (κ3) is 6.56. The van der Waals surface area contributed by atoms with E-state index in [1.165, 1.54) is 63.0 Å². The summed E-state index contributed by atoms with van der Waals surface area (Å²) in [5.41, 5.74) is 0.561. The summed E-state index contributed by atoms with van der Waals surface area (Å²) < 4.78 is 13.9. The zero-order chi connectivity index (χ0) is 22.9. The first-order valence-corrected chi connectivity index (χ1v) is 11.8. The van der Waals surface area contributed by atoms with E-state index in [1.807, 2.05) is 0 Å². The van der Waals surface area contributed by atoms with Crippen LogP contribution in [0, 0.1) is 11.7 Å². The molecule has 1 aliphatic rings. The summed E-state index contributed by atoms with van der Waals surface area (Å²) in [7, 11) is 1.41. The molecule has 0 bridgehead atoms. The molecule has 0 unspecified atom stereocenters. The topological polar surface area (TPSA) is 87.3 Å². The van der Waals surface area contributed by atoms with E-state index in [0.29, 0.717) is 28.6 Å². The van der Waals surface area contributed by atoms with Crippen LogP contribution in [-0.2, 0) is 4.79 Å². The number of hydrogen-bond donors (Lipinski definition) is 3. The van der Waals surface area contributed by atoms with Crippen molar-refractivity contribution >= 4 is 35.2 Å². The van der Waals surface area contributed by atoms with Crippen molar-refractivity contribution in [3.8, 4) is 0 Å². The number of amides is 3. The van der Waals surface area contributed by atoms with Crippen LogP contribution in [-0.4, -0.2) is 37.1 Å². The smallest absolute Gasteiger partial charge is 0.256 e. The second-order valence-corrected chi connectivity index (χ2v) is 8.84. The average Bonchev–Trinajstić information content (AvgIpc) is 2.83. The van der Waals surface area contributed by atoms with Gasteiger partial charge in [-0.1, -0.05) is 31.4 Å². The SMILES string of the molecule is CNC(=O)c1cc(NC(=O)c2ccccc2SCC(=O)NCC2CCCCC2)ccc1F. The quantitative estimate of drug-likeness (QED) is 0.518. The van der Waals surface area contributed by atoms with Gasteiger partial charge < -0.3 is 16.0 Å². The predicted octanol–water partition coefficient (Wildman–Crippen LogP) is 4.23. The number of benzene rings is 2. The van der Waals surface area contributed by atoms with Gasteiger partial charge in [0, 0.05) is 24.2 Å². The Morgan fingerprint density at radius 2 is 1.75 bits per heavy atom. The number of halogens is 1. The Kier molecular flexibility index (Phi) is 8.67. The van der Waals surface area contributed by atoms with Crippen molar-refractivity contribution in [2.75, 3.05) is 24.7 Å². The van der Waals surface area contributed by atoms with Gasteiger partial charge in [-0.05, 0) is 49.1 Å². The van der Waals surface area contributed by atoms with Crippen molar-refractivity contribution in [3.05, 3.63) is 59.4 Å². The molecule has 0 saturated heterocycles. The number of anilines is 1. The molecule has 3 N–H and O–H groups in total. The fraction of sp³-hybridized carbons (Fsp3) is 0.375. The lowest BCUT2D eigenvalue weighted by atomic mass is 9.89. The zero-order valence-electron chi connectivity index (χ0n) is 18.1. The van der Waals surface area contributed by atoms with Crippen LogP contribution in [0.2, 0.25) is 0 Å². The molecule has 170 valence electrons. The summed E-state index contributed by atoms with van der Waals surface area (Å²) in [4.78, 5) is 37.6. The number of rotatable bonds is 8. The fourth-order valence-corrected chi connectivity index (χ4v) is 4.61. The zero-order valence-corrected chi connectivity index (χ0v) is 18.9. The fourth-order valence-electron chi connectivity index (χ4n) is 3.73. The highest BCUT2D eigenvalue weighted by atomic mass is 32.2. The summed E-state index contributed by atoms with van der Waals surface area (Å²) in [6, 6.07) is 10.8. The van der Waals surface area contributed by atoms with Crippen LogP contribution in [0.4, 0.5) is 10.1 Å². The van der Waals surface area contributed by atoms with Gasteiger partial charge in [-0.2, -0.15) is 0 Å². The highest BCUT2D eigenvalue weighted by molar-refractivity contribution is 8.00. The Hall–Kier alpha value is -2.87. The lowest BCUT2D eigenvalue weighted by Crippen LogP contribution is -2.31. The van der Waals surface area contributed by atoms with Crippen molar-refractivity contribution < 1.29 is 18.8 Å². The Morgan fingerprint density at radius 1 is 1.00 bits per heavy atom. The third-order valence-electron chi connectivity index (χ3n) is 5.50. The molecule has 0 heterocycles. The predicted molar refractivity (Wildman–Crippen MR) is 124 cm³/mol. The third-order valence-corrected chi connectivity index (χ3v) is 6.57. The molecule has 3 amide bonds. The molecule has 0 radical (unpaired) electrons. The summed E-state index contributed by atoms with van der Waals surface area (Å²) in [6.45, 7) is 0.708. The number of hydrogen-bond acceptors (Lipinski definition) is 4. The number of thioether (sulfide) groups is 1. The molecule has 1 fully saturated rings. The van der Waals surface area contributed by atoms with Crippen molar-refractivity contribution in [2.24, 2.45) is 5.92 Å². The van der Waals surface area contributed by atoms with Crippen molar-refractivity contribution in [2.45, 2.75) is 37.0 Å². The molecule has 0 aliphatic heterocycles. The van der Waals surface area contributed by atoms with Gasteiger partial charge in [-0.3, -0.25) is 14.4 Å².